The number of benzene rings is 2. The first-order chi connectivity index (χ1) is 12.5. The first kappa shape index (κ1) is 18.5. The molecular weight excluding hydrogens is 386 g/mol. The molecule has 2 N–H and O–H groups in total. The van der Waals surface area contributed by atoms with Gasteiger partial charge in [-0.05, 0) is 43.2 Å². The average molecular weight is 408 g/mol. The Morgan fingerprint density at radius 2 is 1.78 bits per heavy atom. The van der Waals surface area contributed by atoms with Gasteiger partial charge in [-0.15, -0.1) is 12.4 Å². The second-order valence-corrected chi connectivity index (χ2v) is 9.35. The van der Waals surface area contributed by atoms with Gasteiger partial charge in [0.05, 0.1) is 10.6 Å². The molecule has 2 bridgehead atoms. The molecule has 2 atom stereocenters. The minimum absolute atomic E-state index is 0. The van der Waals surface area contributed by atoms with Crippen molar-refractivity contribution in [3.05, 3.63) is 36.4 Å². The minimum Gasteiger partial charge on any atom is -0.352 e. The molecule has 8 heteroatoms. The van der Waals surface area contributed by atoms with Gasteiger partial charge in [0, 0.05) is 23.5 Å². The summed E-state index contributed by atoms with van der Waals surface area (Å²) >= 11 is 0. The zero-order valence-corrected chi connectivity index (χ0v) is 16.4. The monoisotopic (exact) mass is 407 g/mol. The number of sulfonamides is 1. The Bertz CT molecular complexity index is 993. The molecule has 1 amide bonds. The Kier molecular flexibility index (Phi) is 4.56. The molecular formula is C19H22ClN3O3S. The van der Waals surface area contributed by atoms with Crippen LogP contribution in [0.15, 0.2) is 41.3 Å². The number of anilines is 1. The van der Waals surface area contributed by atoms with Crippen molar-refractivity contribution in [1.29, 1.82) is 0 Å². The maximum absolute atomic E-state index is 12.9. The lowest BCUT2D eigenvalue weighted by Crippen LogP contribution is -2.50. The van der Waals surface area contributed by atoms with Crippen LogP contribution in [0.1, 0.15) is 25.7 Å². The molecule has 0 spiro atoms. The van der Waals surface area contributed by atoms with E-state index in [4.69, 9.17) is 0 Å². The number of hydrogen-bond acceptors (Lipinski definition) is 4. The van der Waals surface area contributed by atoms with Gasteiger partial charge in [-0.2, -0.15) is 0 Å². The molecule has 6 nitrogen and oxygen atoms in total. The predicted molar refractivity (Wildman–Crippen MR) is 107 cm³/mol. The number of nitrogens with one attached hydrogen (secondary N) is 2. The third-order valence-electron chi connectivity index (χ3n) is 5.81. The molecule has 2 aromatic rings. The highest BCUT2D eigenvalue weighted by Crippen LogP contribution is 2.41. The molecule has 3 heterocycles. The molecule has 0 aliphatic carbocycles. The number of piperidine rings is 1. The quantitative estimate of drug-likeness (QED) is 0.817. The Morgan fingerprint density at radius 3 is 2.48 bits per heavy atom. The van der Waals surface area contributed by atoms with Gasteiger partial charge in [0.25, 0.3) is 10.0 Å². The van der Waals surface area contributed by atoms with E-state index in [1.54, 1.807) is 18.2 Å². The highest BCUT2D eigenvalue weighted by atomic mass is 35.5. The number of rotatable bonds is 3. The Morgan fingerprint density at radius 1 is 1.11 bits per heavy atom. The summed E-state index contributed by atoms with van der Waals surface area (Å²) in [7, 11) is -3.68. The standard InChI is InChI=1S/C19H21N3O3S.ClH/c23-18(21-15-9-13-7-8-14(10-15)20-13)11-22-16-5-1-3-12-4-2-6-17(19(12)16)26(22,24)25;/h1-6,13-15,20H,7-11H2,(H,21,23);1H. The molecule has 144 valence electrons. The van der Waals surface area contributed by atoms with E-state index in [1.807, 2.05) is 18.2 Å². The van der Waals surface area contributed by atoms with Gasteiger partial charge in [-0.3, -0.25) is 9.10 Å². The van der Waals surface area contributed by atoms with Gasteiger partial charge < -0.3 is 10.6 Å². The molecule has 5 rings (SSSR count). The van der Waals surface area contributed by atoms with Crippen LogP contribution in [0.2, 0.25) is 0 Å². The van der Waals surface area contributed by atoms with Crippen LogP contribution in [0.4, 0.5) is 5.69 Å². The fourth-order valence-corrected chi connectivity index (χ4v) is 6.37. The number of fused-ring (bicyclic) bond motifs is 2. The van der Waals surface area contributed by atoms with Gasteiger partial charge in [0.1, 0.15) is 6.54 Å². The van der Waals surface area contributed by atoms with Crippen LogP contribution < -0.4 is 14.9 Å². The molecule has 3 aliphatic heterocycles. The van der Waals surface area contributed by atoms with Crippen molar-refractivity contribution in [2.45, 2.75) is 48.7 Å². The van der Waals surface area contributed by atoms with E-state index >= 15 is 0 Å². The molecule has 2 aromatic carbocycles. The van der Waals surface area contributed by atoms with Crippen LogP contribution in [-0.4, -0.2) is 39.0 Å². The summed E-state index contributed by atoms with van der Waals surface area (Å²) in [5, 5.41) is 8.19. The Labute approximate surface area is 164 Å². The predicted octanol–water partition coefficient (Wildman–Crippen LogP) is 2.17. The summed E-state index contributed by atoms with van der Waals surface area (Å²) in [5.74, 6) is -0.232. The summed E-state index contributed by atoms with van der Waals surface area (Å²) in [6.07, 6.45) is 4.17. The van der Waals surface area contributed by atoms with Crippen LogP contribution in [-0.2, 0) is 14.8 Å². The van der Waals surface area contributed by atoms with Crippen LogP contribution in [0, 0.1) is 0 Å². The van der Waals surface area contributed by atoms with Crippen LogP contribution in [0.25, 0.3) is 10.8 Å². The van der Waals surface area contributed by atoms with Gasteiger partial charge in [0.2, 0.25) is 5.91 Å². The number of amides is 1. The average Bonchev–Trinajstić information content (AvgIpc) is 3.06. The first-order valence-corrected chi connectivity index (χ1v) is 10.6. The summed E-state index contributed by atoms with van der Waals surface area (Å²) < 4.78 is 27.1. The minimum atomic E-state index is -3.68. The molecule has 0 radical (unpaired) electrons. The summed E-state index contributed by atoms with van der Waals surface area (Å²) in [4.78, 5) is 12.9. The van der Waals surface area contributed by atoms with E-state index in [1.165, 1.54) is 4.31 Å². The number of carbonyl (C=O) groups excluding carboxylic acids is 1. The van der Waals surface area contributed by atoms with E-state index < -0.39 is 10.0 Å². The molecule has 0 saturated carbocycles. The van der Waals surface area contributed by atoms with Gasteiger partial charge >= 0.3 is 0 Å². The Balaban J connectivity index is 0.00000180. The van der Waals surface area contributed by atoms with Crippen molar-refractivity contribution in [1.82, 2.24) is 10.6 Å². The SMILES string of the molecule is Cl.O=C(CN1c2cccc3cccc(c23)S1(=O)=O)NC1CC2CCC(C1)N2. The fourth-order valence-electron chi connectivity index (χ4n) is 4.71. The van der Waals surface area contributed by atoms with Crippen LogP contribution in [0.3, 0.4) is 0 Å². The molecule has 3 aliphatic rings. The third kappa shape index (κ3) is 2.98. The second kappa shape index (κ2) is 6.65. The first-order valence-electron chi connectivity index (χ1n) is 9.12. The van der Waals surface area contributed by atoms with Crippen molar-refractivity contribution in [3.63, 3.8) is 0 Å². The zero-order valence-electron chi connectivity index (χ0n) is 14.7. The highest BCUT2D eigenvalue weighted by Gasteiger charge is 2.38. The highest BCUT2D eigenvalue weighted by molar-refractivity contribution is 7.93. The maximum Gasteiger partial charge on any atom is 0.265 e. The van der Waals surface area contributed by atoms with E-state index in [2.05, 4.69) is 10.6 Å². The molecule has 2 unspecified atom stereocenters. The number of carbonyl (C=O) groups is 1. The fraction of sp³-hybridized carbons (Fsp3) is 0.421. The molecule has 2 fully saturated rings. The lowest BCUT2D eigenvalue weighted by atomic mass is 10.00. The largest absolute Gasteiger partial charge is 0.352 e. The van der Waals surface area contributed by atoms with E-state index in [-0.39, 0.29) is 30.9 Å². The number of nitrogens with zero attached hydrogens (tertiary/aromatic N) is 1. The lowest BCUT2D eigenvalue weighted by Gasteiger charge is -2.30. The van der Waals surface area contributed by atoms with E-state index in [9.17, 15) is 13.2 Å². The maximum atomic E-state index is 12.9. The van der Waals surface area contributed by atoms with Crippen LogP contribution in [0.5, 0.6) is 0 Å². The normalized spacial score (nSPS) is 27.4. The topological polar surface area (TPSA) is 78.5 Å². The van der Waals surface area contributed by atoms with Crippen LogP contribution >= 0.6 is 12.4 Å². The second-order valence-electron chi connectivity index (χ2n) is 7.52. The van der Waals surface area contributed by atoms with Crippen molar-refractivity contribution >= 4 is 44.8 Å². The van der Waals surface area contributed by atoms with Gasteiger partial charge in [-0.25, -0.2) is 8.42 Å². The van der Waals surface area contributed by atoms with Gasteiger partial charge in [-0.1, -0.05) is 24.3 Å². The van der Waals surface area contributed by atoms with Crippen molar-refractivity contribution in [2.24, 2.45) is 0 Å². The summed E-state index contributed by atoms with van der Waals surface area (Å²) in [6.45, 7) is -0.171. The lowest BCUT2D eigenvalue weighted by molar-refractivity contribution is -0.120. The Hall–Kier alpha value is -1.83. The zero-order chi connectivity index (χ0) is 17.9. The summed E-state index contributed by atoms with van der Waals surface area (Å²) in [6, 6.07) is 11.8. The van der Waals surface area contributed by atoms with E-state index in [0.717, 1.165) is 31.1 Å². The van der Waals surface area contributed by atoms with Crippen molar-refractivity contribution in [3.8, 4) is 0 Å². The third-order valence-corrected chi connectivity index (χ3v) is 7.61. The van der Waals surface area contributed by atoms with Crippen molar-refractivity contribution < 1.29 is 13.2 Å². The van der Waals surface area contributed by atoms with Crippen molar-refractivity contribution in [2.75, 3.05) is 10.8 Å². The molecule has 27 heavy (non-hydrogen) atoms. The number of hydrogen-bond donors (Lipinski definition) is 2. The smallest absolute Gasteiger partial charge is 0.265 e. The van der Waals surface area contributed by atoms with E-state index in [0.29, 0.717) is 28.1 Å². The number of halogens is 1. The summed E-state index contributed by atoms with van der Waals surface area (Å²) in [5.41, 5.74) is 0.596. The molecule has 0 aromatic heterocycles. The molecule has 2 saturated heterocycles. The van der Waals surface area contributed by atoms with Gasteiger partial charge in [0.15, 0.2) is 0 Å².